The molecule has 1 aromatic heterocycles. The Morgan fingerprint density at radius 3 is 2.33 bits per heavy atom. The van der Waals surface area contributed by atoms with E-state index in [2.05, 4.69) is 64.6 Å². The van der Waals surface area contributed by atoms with E-state index in [9.17, 15) is 0 Å². The normalized spacial score (nSPS) is 18.8. The van der Waals surface area contributed by atoms with Crippen molar-refractivity contribution >= 4 is 41.1 Å². The number of para-hydroxylation sites is 1. The van der Waals surface area contributed by atoms with Crippen molar-refractivity contribution in [3.63, 3.8) is 0 Å². The number of hydrogen-bond donors (Lipinski definition) is 1. The molecule has 1 saturated carbocycles. The molecule has 5 heteroatoms. The molecule has 0 amide bonds. The Labute approximate surface area is 189 Å². The van der Waals surface area contributed by atoms with E-state index in [1.54, 1.807) is 6.33 Å². The molecule has 2 heterocycles. The van der Waals surface area contributed by atoms with Gasteiger partial charge in [0.15, 0.2) is 0 Å². The van der Waals surface area contributed by atoms with Crippen molar-refractivity contribution in [1.82, 2.24) is 9.97 Å². The van der Waals surface area contributed by atoms with Crippen molar-refractivity contribution in [3.05, 3.63) is 48.8 Å². The van der Waals surface area contributed by atoms with E-state index in [4.69, 9.17) is 4.98 Å². The van der Waals surface area contributed by atoms with Gasteiger partial charge in [-0.15, -0.1) is 12.6 Å². The molecule has 0 unspecified atom stereocenters. The Balaban J connectivity index is 1.35. The SMILES string of the molecule is Sc1ccc(-c2cccc3c(N4CCC(SC5CCCCC5)CC4)ncnc23)cc1. The van der Waals surface area contributed by atoms with Gasteiger partial charge in [-0.2, -0.15) is 11.8 Å². The number of hydrogen-bond acceptors (Lipinski definition) is 5. The second kappa shape index (κ2) is 9.19. The van der Waals surface area contributed by atoms with Crippen molar-refractivity contribution < 1.29 is 0 Å². The second-order valence-electron chi connectivity index (χ2n) is 8.53. The Kier molecular flexibility index (Phi) is 6.19. The van der Waals surface area contributed by atoms with Crippen molar-refractivity contribution in [2.24, 2.45) is 0 Å². The summed E-state index contributed by atoms with van der Waals surface area (Å²) in [6.45, 7) is 2.18. The number of rotatable bonds is 4. The number of thiol groups is 1. The molecule has 0 spiro atoms. The van der Waals surface area contributed by atoms with E-state index >= 15 is 0 Å². The quantitative estimate of drug-likeness (QED) is 0.466. The van der Waals surface area contributed by atoms with Crippen molar-refractivity contribution in [2.45, 2.75) is 60.3 Å². The average Bonchev–Trinajstić information content (AvgIpc) is 2.80. The van der Waals surface area contributed by atoms with Crippen LogP contribution in [0, 0.1) is 0 Å². The van der Waals surface area contributed by atoms with Crippen LogP contribution in [0.1, 0.15) is 44.9 Å². The highest BCUT2D eigenvalue weighted by atomic mass is 32.2. The minimum absolute atomic E-state index is 0.813. The Hall–Kier alpha value is -1.72. The van der Waals surface area contributed by atoms with Crippen LogP contribution in [0.5, 0.6) is 0 Å². The lowest BCUT2D eigenvalue weighted by Crippen LogP contribution is -2.36. The highest BCUT2D eigenvalue weighted by molar-refractivity contribution is 8.00. The summed E-state index contributed by atoms with van der Waals surface area (Å²) >= 11 is 6.70. The van der Waals surface area contributed by atoms with Crippen LogP contribution in [0.2, 0.25) is 0 Å². The van der Waals surface area contributed by atoms with Gasteiger partial charge in [0, 0.05) is 39.4 Å². The predicted molar refractivity (Wildman–Crippen MR) is 132 cm³/mol. The zero-order valence-corrected chi connectivity index (χ0v) is 19.0. The van der Waals surface area contributed by atoms with Gasteiger partial charge >= 0.3 is 0 Å². The van der Waals surface area contributed by atoms with Gasteiger partial charge in [-0.25, -0.2) is 9.97 Å². The average molecular weight is 436 g/mol. The van der Waals surface area contributed by atoms with Crippen LogP contribution in [-0.2, 0) is 0 Å². The smallest absolute Gasteiger partial charge is 0.139 e. The maximum atomic E-state index is 4.72. The molecule has 1 aliphatic heterocycles. The summed E-state index contributed by atoms with van der Waals surface area (Å²) < 4.78 is 0. The molecule has 2 aromatic carbocycles. The Morgan fingerprint density at radius 2 is 1.57 bits per heavy atom. The van der Waals surface area contributed by atoms with Crippen molar-refractivity contribution in [3.8, 4) is 11.1 Å². The predicted octanol–water partition coefficient (Wildman–Crippen LogP) is 6.62. The lowest BCUT2D eigenvalue weighted by atomic mass is 10.0. The summed E-state index contributed by atoms with van der Waals surface area (Å²) in [5.41, 5.74) is 3.37. The fourth-order valence-corrected chi connectivity index (χ4v) is 6.66. The highest BCUT2D eigenvalue weighted by Gasteiger charge is 2.25. The molecule has 0 N–H and O–H groups in total. The van der Waals surface area contributed by atoms with Crippen molar-refractivity contribution in [2.75, 3.05) is 18.0 Å². The van der Waals surface area contributed by atoms with Crippen LogP contribution in [0.25, 0.3) is 22.0 Å². The Bertz CT molecular complexity index is 991. The molecule has 3 nitrogen and oxygen atoms in total. The van der Waals surface area contributed by atoms with Gasteiger partial charge in [-0.3, -0.25) is 0 Å². The monoisotopic (exact) mass is 435 g/mol. The van der Waals surface area contributed by atoms with Crippen molar-refractivity contribution in [1.29, 1.82) is 0 Å². The topological polar surface area (TPSA) is 29.0 Å². The van der Waals surface area contributed by atoms with Gasteiger partial charge in [0.05, 0.1) is 5.52 Å². The molecule has 3 aromatic rings. The second-order valence-corrected chi connectivity index (χ2v) is 10.7. The number of anilines is 1. The van der Waals surface area contributed by atoms with Gasteiger partial charge in [-0.05, 0) is 49.4 Å². The lowest BCUT2D eigenvalue weighted by Gasteiger charge is -2.35. The summed E-state index contributed by atoms with van der Waals surface area (Å²) in [6, 6.07) is 14.8. The van der Waals surface area contributed by atoms with Gasteiger partial charge in [0.2, 0.25) is 0 Å². The van der Waals surface area contributed by atoms with E-state index in [0.29, 0.717) is 0 Å². The number of piperidine rings is 1. The molecular formula is C25H29N3S2. The van der Waals surface area contributed by atoms with E-state index in [1.165, 1.54) is 50.5 Å². The number of aromatic nitrogens is 2. The standard InChI is InChI=1S/C25H29N3S2/c29-19-11-9-18(10-12-19)22-7-4-8-23-24(22)26-17-27-25(23)28-15-13-21(14-16-28)30-20-5-2-1-3-6-20/h4,7-12,17,20-21,29H,1-3,5-6,13-16H2. The fourth-order valence-electron chi connectivity index (χ4n) is 4.88. The van der Waals surface area contributed by atoms with Crippen LogP contribution in [0.4, 0.5) is 5.82 Å². The first kappa shape index (κ1) is 20.2. The van der Waals surface area contributed by atoms with E-state index in [0.717, 1.165) is 50.8 Å². The zero-order chi connectivity index (χ0) is 20.3. The largest absolute Gasteiger partial charge is 0.356 e. The van der Waals surface area contributed by atoms with E-state index in [1.807, 2.05) is 12.1 Å². The van der Waals surface area contributed by atoms with Crippen LogP contribution < -0.4 is 4.90 Å². The molecule has 2 aliphatic rings. The molecule has 1 saturated heterocycles. The Morgan fingerprint density at radius 1 is 0.833 bits per heavy atom. The maximum absolute atomic E-state index is 4.72. The molecule has 0 bridgehead atoms. The summed E-state index contributed by atoms with van der Waals surface area (Å²) in [5, 5.41) is 2.87. The number of fused-ring (bicyclic) bond motifs is 1. The summed E-state index contributed by atoms with van der Waals surface area (Å²) in [6.07, 6.45) is 11.4. The first-order chi connectivity index (χ1) is 14.8. The van der Waals surface area contributed by atoms with Gasteiger partial charge in [-0.1, -0.05) is 43.5 Å². The van der Waals surface area contributed by atoms with Gasteiger partial charge < -0.3 is 4.90 Å². The summed E-state index contributed by atoms with van der Waals surface area (Å²) in [7, 11) is 0. The van der Waals surface area contributed by atoms with E-state index < -0.39 is 0 Å². The third-order valence-corrected chi connectivity index (χ3v) is 8.51. The molecule has 0 atom stereocenters. The first-order valence-electron chi connectivity index (χ1n) is 11.2. The highest BCUT2D eigenvalue weighted by Crippen LogP contribution is 2.37. The third-order valence-electron chi connectivity index (χ3n) is 6.50. The molecule has 1 aliphatic carbocycles. The summed E-state index contributed by atoms with van der Waals surface area (Å²) in [5.74, 6) is 1.09. The third kappa shape index (κ3) is 4.33. The number of nitrogens with zero attached hydrogens (tertiary/aromatic N) is 3. The van der Waals surface area contributed by atoms with E-state index in [-0.39, 0.29) is 0 Å². The number of thioether (sulfide) groups is 1. The van der Waals surface area contributed by atoms with Gasteiger partial charge in [0.25, 0.3) is 0 Å². The maximum Gasteiger partial charge on any atom is 0.139 e. The molecule has 156 valence electrons. The minimum atomic E-state index is 0.813. The summed E-state index contributed by atoms with van der Waals surface area (Å²) in [4.78, 5) is 12.8. The van der Waals surface area contributed by atoms with Crippen LogP contribution in [0.3, 0.4) is 0 Å². The molecule has 0 radical (unpaired) electrons. The molecule has 30 heavy (non-hydrogen) atoms. The number of benzene rings is 2. The van der Waals surface area contributed by atoms with Crippen LogP contribution in [-0.4, -0.2) is 33.6 Å². The molecule has 5 rings (SSSR count). The lowest BCUT2D eigenvalue weighted by molar-refractivity contribution is 0.510. The molecule has 2 fully saturated rings. The zero-order valence-electron chi connectivity index (χ0n) is 17.3. The van der Waals surface area contributed by atoms with Gasteiger partial charge in [0.1, 0.15) is 12.1 Å². The minimum Gasteiger partial charge on any atom is -0.356 e. The first-order valence-corrected chi connectivity index (χ1v) is 12.6. The van der Waals surface area contributed by atoms with Crippen LogP contribution in [0.15, 0.2) is 53.7 Å². The fraction of sp³-hybridized carbons (Fsp3) is 0.440. The van der Waals surface area contributed by atoms with Crippen LogP contribution >= 0.6 is 24.4 Å². The molecular weight excluding hydrogens is 406 g/mol.